The fourth-order valence-corrected chi connectivity index (χ4v) is 1.88. The van der Waals surface area contributed by atoms with Crippen LogP contribution in [-0.2, 0) is 20.7 Å². The SMILES string of the molecule is C[C@@H](NC(=O)[C@H](Cc1ccccc1)NC(=O)OC(C)(C)C)C(=O)O. The maximum absolute atomic E-state index is 12.3. The molecule has 2 amide bonds. The lowest BCUT2D eigenvalue weighted by atomic mass is 10.1. The summed E-state index contributed by atoms with van der Waals surface area (Å²) >= 11 is 0. The van der Waals surface area contributed by atoms with Crippen molar-refractivity contribution in [3.05, 3.63) is 35.9 Å². The van der Waals surface area contributed by atoms with Crippen LogP contribution in [0.5, 0.6) is 0 Å². The van der Waals surface area contributed by atoms with Crippen LogP contribution in [0, 0.1) is 0 Å². The van der Waals surface area contributed by atoms with Crippen LogP contribution in [0.4, 0.5) is 4.79 Å². The number of carbonyl (C=O) groups is 3. The molecule has 1 aromatic carbocycles. The lowest BCUT2D eigenvalue weighted by Gasteiger charge is -2.24. The van der Waals surface area contributed by atoms with Crippen LogP contribution >= 0.6 is 0 Å². The van der Waals surface area contributed by atoms with Gasteiger partial charge in [-0.1, -0.05) is 30.3 Å². The number of benzene rings is 1. The van der Waals surface area contributed by atoms with Crippen molar-refractivity contribution in [2.24, 2.45) is 0 Å². The number of carboxylic acids is 1. The second kappa shape index (κ2) is 8.33. The van der Waals surface area contributed by atoms with E-state index in [9.17, 15) is 14.4 Å². The summed E-state index contributed by atoms with van der Waals surface area (Å²) < 4.78 is 5.16. The van der Waals surface area contributed by atoms with Gasteiger partial charge in [-0.25, -0.2) is 4.79 Å². The normalized spacial score (nSPS) is 13.5. The Labute approximate surface area is 141 Å². The Morgan fingerprint density at radius 2 is 1.71 bits per heavy atom. The highest BCUT2D eigenvalue weighted by atomic mass is 16.6. The summed E-state index contributed by atoms with van der Waals surface area (Å²) in [4.78, 5) is 35.2. The third kappa shape index (κ3) is 7.13. The van der Waals surface area contributed by atoms with E-state index in [-0.39, 0.29) is 6.42 Å². The zero-order chi connectivity index (χ0) is 18.3. The van der Waals surface area contributed by atoms with Gasteiger partial charge in [0, 0.05) is 6.42 Å². The Morgan fingerprint density at radius 3 is 2.21 bits per heavy atom. The van der Waals surface area contributed by atoms with Crippen molar-refractivity contribution in [2.45, 2.75) is 51.8 Å². The van der Waals surface area contributed by atoms with E-state index in [0.717, 1.165) is 5.56 Å². The molecular weight excluding hydrogens is 312 g/mol. The number of amides is 2. The van der Waals surface area contributed by atoms with E-state index < -0.39 is 35.7 Å². The number of carboxylic acid groups (broad SMARTS) is 1. The quantitative estimate of drug-likeness (QED) is 0.733. The number of alkyl carbamates (subject to hydrolysis) is 1. The first kappa shape index (κ1) is 19.5. The molecule has 0 aliphatic rings. The van der Waals surface area contributed by atoms with E-state index >= 15 is 0 Å². The van der Waals surface area contributed by atoms with Gasteiger partial charge in [0.05, 0.1) is 0 Å². The van der Waals surface area contributed by atoms with E-state index in [1.165, 1.54) is 6.92 Å². The molecule has 7 nitrogen and oxygen atoms in total. The monoisotopic (exact) mass is 336 g/mol. The number of hydrogen-bond acceptors (Lipinski definition) is 4. The molecule has 3 N–H and O–H groups in total. The molecule has 0 heterocycles. The highest BCUT2D eigenvalue weighted by Gasteiger charge is 2.26. The van der Waals surface area contributed by atoms with Crippen LogP contribution in [0.2, 0.25) is 0 Å². The molecule has 132 valence electrons. The van der Waals surface area contributed by atoms with Crippen LogP contribution in [0.3, 0.4) is 0 Å². The second-order valence-corrected chi connectivity index (χ2v) is 6.46. The number of hydrogen-bond donors (Lipinski definition) is 3. The molecule has 7 heteroatoms. The van der Waals surface area contributed by atoms with Crippen LogP contribution in [0.1, 0.15) is 33.3 Å². The molecule has 0 saturated carbocycles. The maximum atomic E-state index is 12.3. The van der Waals surface area contributed by atoms with E-state index in [1.54, 1.807) is 20.8 Å². The molecule has 0 saturated heterocycles. The van der Waals surface area contributed by atoms with Crippen molar-refractivity contribution in [2.75, 3.05) is 0 Å². The second-order valence-electron chi connectivity index (χ2n) is 6.46. The Bertz CT molecular complexity index is 580. The molecule has 0 fully saturated rings. The molecule has 0 unspecified atom stereocenters. The topological polar surface area (TPSA) is 105 Å². The molecule has 24 heavy (non-hydrogen) atoms. The predicted molar refractivity (Wildman–Crippen MR) is 88.5 cm³/mol. The Kier molecular flexibility index (Phi) is 6.76. The number of carbonyl (C=O) groups excluding carboxylic acids is 2. The Balaban J connectivity index is 2.84. The van der Waals surface area contributed by atoms with Crippen molar-refractivity contribution >= 4 is 18.0 Å². The van der Waals surface area contributed by atoms with Crippen LogP contribution < -0.4 is 10.6 Å². The van der Waals surface area contributed by atoms with Crippen LogP contribution in [-0.4, -0.2) is 40.8 Å². The van der Waals surface area contributed by atoms with Crippen molar-refractivity contribution < 1.29 is 24.2 Å². The van der Waals surface area contributed by atoms with Crippen molar-refractivity contribution in [3.63, 3.8) is 0 Å². The molecule has 1 rings (SSSR count). The van der Waals surface area contributed by atoms with E-state index in [1.807, 2.05) is 30.3 Å². The van der Waals surface area contributed by atoms with Gasteiger partial charge in [-0.15, -0.1) is 0 Å². The zero-order valence-electron chi connectivity index (χ0n) is 14.3. The number of ether oxygens (including phenoxy) is 1. The summed E-state index contributed by atoms with van der Waals surface area (Å²) in [6.45, 7) is 6.50. The summed E-state index contributed by atoms with van der Waals surface area (Å²) in [5.41, 5.74) is 0.128. The Morgan fingerprint density at radius 1 is 1.12 bits per heavy atom. The largest absolute Gasteiger partial charge is 0.480 e. The van der Waals surface area contributed by atoms with Gasteiger partial charge in [-0.2, -0.15) is 0 Å². The molecule has 0 aliphatic heterocycles. The van der Waals surface area contributed by atoms with Gasteiger partial charge in [0.25, 0.3) is 0 Å². The third-order valence-electron chi connectivity index (χ3n) is 3.02. The molecule has 0 spiro atoms. The molecule has 2 atom stereocenters. The molecule has 0 aliphatic carbocycles. The first-order chi connectivity index (χ1) is 11.1. The standard InChI is InChI=1S/C17H24N2O5/c1-11(15(21)22)18-14(20)13(10-12-8-6-5-7-9-12)19-16(23)24-17(2,3)4/h5-9,11,13H,10H2,1-4H3,(H,18,20)(H,19,23)(H,21,22)/t11-,13+/m1/s1. The average molecular weight is 336 g/mol. The summed E-state index contributed by atoms with van der Waals surface area (Å²) in [6, 6.07) is 7.11. The van der Waals surface area contributed by atoms with E-state index in [4.69, 9.17) is 9.84 Å². The van der Waals surface area contributed by atoms with Gasteiger partial charge >= 0.3 is 12.1 Å². The van der Waals surface area contributed by atoms with E-state index in [2.05, 4.69) is 10.6 Å². The van der Waals surface area contributed by atoms with Gasteiger partial charge < -0.3 is 20.5 Å². The zero-order valence-corrected chi connectivity index (χ0v) is 14.3. The first-order valence-electron chi connectivity index (χ1n) is 7.65. The number of nitrogens with one attached hydrogen (secondary N) is 2. The molecule has 0 bridgehead atoms. The minimum atomic E-state index is -1.15. The van der Waals surface area contributed by atoms with Gasteiger partial charge in [-0.05, 0) is 33.3 Å². The fraction of sp³-hybridized carbons (Fsp3) is 0.471. The number of rotatable bonds is 6. The average Bonchev–Trinajstić information content (AvgIpc) is 2.45. The molecule has 0 aromatic heterocycles. The van der Waals surface area contributed by atoms with Gasteiger partial charge in [0.15, 0.2) is 0 Å². The summed E-state index contributed by atoms with van der Waals surface area (Å²) in [7, 11) is 0. The summed E-state index contributed by atoms with van der Waals surface area (Å²) in [5, 5.41) is 13.8. The van der Waals surface area contributed by atoms with Gasteiger partial charge in [-0.3, -0.25) is 9.59 Å². The summed E-state index contributed by atoms with van der Waals surface area (Å²) in [6.07, 6.45) is -0.514. The molecular formula is C17H24N2O5. The van der Waals surface area contributed by atoms with Crippen molar-refractivity contribution in [1.29, 1.82) is 0 Å². The lowest BCUT2D eigenvalue weighted by molar-refractivity contribution is -0.141. The lowest BCUT2D eigenvalue weighted by Crippen LogP contribution is -2.52. The highest BCUT2D eigenvalue weighted by Crippen LogP contribution is 2.09. The van der Waals surface area contributed by atoms with Crippen molar-refractivity contribution in [3.8, 4) is 0 Å². The molecule has 1 aromatic rings. The summed E-state index contributed by atoms with van der Waals surface area (Å²) in [5.74, 6) is -1.74. The predicted octanol–water partition coefficient (Wildman–Crippen LogP) is 1.71. The third-order valence-corrected chi connectivity index (χ3v) is 3.02. The van der Waals surface area contributed by atoms with Gasteiger partial charge in [0.2, 0.25) is 5.91 Å². The highest BCUT2D eigenvalue weighted by molar-refractivity contribution is 5.89. The molecule has 0 radical (unpaired) electrons. The fourth-order valence-electron chi connectivity index (χ4n) is 1.88. The van der Waals surface area contributed by atoms with Crippen LogP contribution in [0.15, 0.2) is 30.3 Å². The maximum Gasteiger partial charge on any atom is 0.408 e. The van der Waals surface area contributed by atoms with Gasteiger partial charge in [0.1, 0.15) is 17.7 Å². The first-order valence-corrected chi connectivity index (χ1v) is 7.65. The minimum Gasteiger partial charge on any atom is -0.480 e. The van der Waals surface area contributed by atoms with E-state index in [0.29, 0.717) is 0 Å². The van der Waals surface area contributed by atoms with Crippen molar-refractivity contribution in [1.82, 2.24) is 10.6 Å². The smallest absolute Gasteiger partial charge is 0.408 e. The minimum absolute atomic E-state index is 0.220. The number of aliphatic carboxylic acids is 1. The van der Waals surface area contributed by atoms with Crippen LogP contribution in [0.25, 0.3) is 0 Å². The Hall–Kier alpha value is -2.57.